The Hall–Kier alpha value is -6.22. The number of benzene rings is 8. The van der Waals surface area contributed by atoms with Crippen LogP contribution in [0.2, 0.25) is 0 Å². The van der Waals surface area contributed by atoms with E-state index in [-0.39, 0.29) is 0 Å². The predicted molar refractivity (Wildman–Crippen MR) is 216 cm³/mol. The number of para-hydroxylation sites is 3. The topological polar surface area (TPSA) is 3.24 Å². The summed E-state index contributed by atoms with van der Waals surface area (Å²) in [6, 6.07) is 69.7. The van der Waals surface area contributed by atoms with E-state index < -0.39 is 5.41 Å². The highest BCUT2D eigenvalue weighted by Gasteiger charge is 2.52. The third-order valence-corrected chi connectivity index (χ3v) is 12.3. The van der Waals surface area contributed by atoms with Gasteiger partial charge in [0.1, 0.15) is 0 Å². The molecule has 1 aromatic heterocycles. The van der Waals surface area contributed by atoms with Crippen LogP contribution in [0.1, 0.15) is 22.3 Å². The van der Waals surface area contributed by atoms with Gasteiger partial charge in [0.15, 0.2) is 0 Å². The van der Waals surface area contributed by atoms with Crippen molar-refractivity contribution in [2.45, 2.75) is 5.41 Å². The first kappa shape index (κ1) is 28.6. The van der Waals surface area contributed by atoms with Crippen molar-refractivity contribution < 1.29 is 0 Å². The van der Waals surface area contributed by atoms with E-state index in [9.17, 15) is 0 Å². The van der Waals surface area contributed by atoms with E-state index in [0.29, 0.717) is 0 Å². The van der Waals surface area contributed by atoms with Gasteiger partial charge in [-0.25, -0.2) is 0 Å². The van der Waals surface area contributed by atoms with Crippen molar-refractivity contribution in [1.29, 1.82) is 0 Å². The highest BCUT2D eigenvalue weighted by molar-refractivity contribution is 7.26. The highest BCUT2D eigenvalue weighted by Crippen LogP contribution is 2.64. The van der Waals surface area contributed by atoms with Crippen LogP contribution in [0.15, 0.2) is 188 Å². The van der Waals surface area contributed by atoms with Crippen molar-refractivity contribution in [3.63, 3.8) is 0 Å². The van der Waals surface area contributed by atoms with Crippen molar-refractivity contribution >= 4 is 48.6 Å². The Balaban J connectivity index is 1.16. The molecule has 9 aromatic rings. The van der Waals surface area contributed by atoms with Crippen LogP contribution in [0.5, 0.6) is 0 Å². The summed E-state index contributed by atoms with van der Waals surface area (Å²) in [7, 11) is 0. The Morgan fingerprint density at radius 3 is 1.67 bits per heavy atom. The second kappa shape index (κ2) is 10.9. The van der Waals surface area contributed by atoms with Crippen molar-refractivity contribution in [3.05, 3.63) is 210 Å². The third kappa shape index (κ3) is 3.91. The summed E-state index contributed by atoms with van der Waals surface area (Å²) in [5, 5.41) is 2.66. The SMILES string of the molecule is c1ccc(N2c3ccccc3C3(c4ccccc4-c4cccc(-c5ccc(-c6cccc7c6sc6ccccc67)cc5)c43)c3ccccc32)cc1. The van der Waals surface area contributed by atoms with Gasteiger partial charge in [0, 0.05) is 25.9 Å². The van der Waals surface area contributed by atoms with Crippen LogP contribution in [-0.2, 0) is 5.41 Å². The van der Waals surface area contributed by atoms with E-state index in [1.54, 1.807) is 0 Å². The second-order valence-electron chi connectivity index (χ2n) is 13.6. The Morgan fingerprint density at radius 2 is 0.902 bits per heavy atom. The summed E-state index contributed by atoms with van der Waals surface area (Å²) < 4.78 is 2.68. The van der Waals surface area contributed by atoms with Gasteiger partial charge in [-0.15, -0.1) is 11.3 Å². The van der Waals surface area contributed by atoms with Gasteiger partial charge in [0.25, 0.3) is 0 Å². The minimum absolute atomic E-state index is 0.498. The first-order chi connectivity index (χ1) is 25.3. The number of hydrogen-bond donors (Lipinski definition) is 0. The van der Waals surface area contributed by atoms with E-state index in [1.165, 1.54) is 87.2 Å². The number of rotatable bonds is 3. The van der Waals surface area contributed by atoms with Crippen LogP contribution >= 0.6 is 11.3 Å². The van der Waals surface area contributed by atoms with Crippen LogP contribution in [0.4, 0.5) is 17.1 Å². The molecule has 0 saturated heterocycles. The average Bonchev–Trinajstić information content (AvgIpc) is 3.73. The molecule has 51 heavy (non-hydrogen) atoms. The number of fused-ring (bicyclic) bond motifs is 12. The molecule has 0 atom stereocenters. The van der Waals surface area contributed by atoms with E-state index in [0.717, 1.165) is 5.69 Å². The summed E-state index contributed by atoms with van der Waals surface area (Å²) >= 11 is 1.89. The van der Waals surface area contributed by atoms with E-state index in [2.05, 4.69) is 193 Å². The third-order valence-electron chi connectivity index (χ3n) is 11.1. The molecule has 1 aliphatic carbocycles. The van der Waals surface area contributed by atoms with Crippen molar-refractivity contribution in [1.82, 2.24) is 0 Å². The van der Waals surface area contributed by atoms with Crippen molar-refractivity contribution in [2.24, 2.45) is 0 Å². The lowest BCUT2D eigenvalue weighted by Gasteiger charge is -2.45. The predicted octanol–water partition coefficient (Wildman–Crippen LogP) is 13.5. The van der Waals surface area contributed by atoms with Gasteiger partial charge >= 0.3 is 0 Å². The van der Waals surface area contributed by atoms with E-state index >= 15 is 0 Å². The molecule has 0 radical (unpaired) electrons. The van der Waals surface area contributed by atoms with Crippen LogP contribution in [0, 0.1) is 0 Å². The number of hydrogen-bond acceptors (Lipinski definition) is 2. The molecule has 0 fully saturated rings. The summed E-state index contributed by atoms with van der Waals surface area (Å²) in [5.41, 5.74) is 16.0. The van der Waals surface area contributed by atoms with Crippen LogP contribution in [0.3, 0.4) is 0 Å². The van der Waals surface area contributed by atoms with Crippen LogP contribution in [-0.4, -0.2) is 0 Å². The fourth-order valence-corrected chi connectivity index (χ4v) is 10.3. The Bertz CT molecular complexity index is 2760. The molecule has 1 spiro atoms. The molecule has 238 valence electrons. The highest BCUT2D eigenvalue weighted by atomic mass is 32.1. The molecule has 1 nitrogen and oxygen atoms in total. The fraction of sp³-hybridized carbons (Fsp3) is 0.0204. The lowest BCUT2D eigenvalue weighted by atomic mass is 9.63. The van der Waals surface area contributed by atoms with Crippen molar-refractivity contribution in [2.75, 3.05) is 4.90 Å². The molecular weight excluding hydrogens is 635 g/mol. The van der Waals surface area contributed by atoms with E-state index in [1.807, 2.05) is 11.3 Å². The minimum Gasteiger partial charge on any atom is -0.310 e. The summed E-state index contributed by atoms with van der Waals surface area (Å²) in [4.78, 5) is 2.45. The normalized spacial score (nSPS) is 13.6. The Kier molecular flexibility index (Phi) is 6.11. The maximum Gasteiger partial charge on any atom is 0.0760 e. The largest absolute Gasteiger partial charge is 0.310 e. The molecule has 2 aliphatic rings. The molecule has 11 rings (SSSR count). The number of anilines is 3. The first-order valence-electron chi connectivity index (χ1n) is 17.6. The summed E-state index contributed by atoms with van der Waals surface area (Å²) in [6.07, 6.45) is 0. The van der Waals surface area contributed by atoms with Gasteiger partial charge in [-0.1, -0.05) is 158 Å². The van der Waals surface area contributed by atoms with E-state index in [4.69, 9.17) is 0 Å². The molecule has 0 bridgehead atoms. The van der Waals surface area contributed by atoms with Crippen molar-refractivity contribution in [3.8, 4) is 33.4 Å². The minimum atomic E-state index is -0.498. The Labute approximate surface area is 301 Å². The lowest BCUT2D eigenvalue weighted by molar-refractivity contribution is 0.754. The number of thiophene rings is 1. The summed E-state index contributed by atoms with van der Waals surface area (Å²) in [6.45, 7) is 0. The Morgan fingerprint density at radius 1 is 0.373 bits per heavy atom. The molecular formula is C49H31NS. The van der Waals surface area contributed by atoms with Gasteiger partial charge in [0.05, 0.1) is 16.8 Å². The molecule has 8 aromatic carbocycles. The maximum atomic E-state index is 2.45. The van der Waals surface area contributed by atoms with Crippen LogP contribution < -0.4 is 4.90 Å². The van der Waals surface area contributed by atoms with Gasteiger partial charge < -0.3 is 4.90 Å². The average molecular weight is 666 g/mol. The van der Waals surface area contributed by atoms with Gasteiger partial charge in [-0.05, 0) is 86.0 Å². The molecule has 2 heteroatoms. The molecule has 2 heterocycles. The summed E-state index contributed by atoms with van der Waals surface area (Å²) in [5.74, 6) is 0. The molecule has 0 unspecified atom stereocenters. The molecule has 0 N–H and O–H groups in total. The first-order valence-corrected chi connectivity index (χ1v) is 18.4. The maximum absolute atomic E-state index is 2.45. The smallest absolute Gasteiger partial charge is 0.0760 e. The van der Waals surface area contributed by atoms with Gasteiger partial charge in [-0.2, -0.15) is 0 Å². The van der Waals surface area contributed by atoms with Gasteiger partial charge in [0.2, 0.25) is 0 Å². The zero-order chi connectivity index (χ0) is 33.5. The molecule has 1 aliphatic heterocycles. The number of nitrogens with zero attached hydrogens (tertiary/aromatic N) is 1. The standard InChI is InChI=1S/C49H31NS/c1-2-14-34(15-3-1)50-44-25-9-7-23-42(44)49(43-24-8-10-26-45(43)50)41-22-6-4-16-37(41)39-20-12-18-35(47(39)49)32-28-30-33(31-29-32)36-19-13-21-40-38-17-5-11-27-46(38)51-48(36)40/h1-31H. The molecule has 0 saturated carbocycles. The van der Waals surface area contributed by atoms with Crippen LogP contribution in [0.25, 0.3) is 53.6 Å². The molecule has 0 amide bonds. The zero-order valence-electron chi connectivity index (χ0n) is 27.8. The fourth-order valence-electron chi connectivity index (χ4n) is 9.07. The van der Waals surface area contributed by atoms with Gasteiger partial charge in [-0.3, -0.25) is 0 Å². The quantitative estimate of drug-likeness (QED) is 0.182. The second-order valence-corrected chi connectivity index (χ2v) is 14.6. The monoisotopic (exact) mass is 665 g/mol. The zero-order valence-corrected chi connectivity index (χ0v) is 28.6. The lowest BCUT2D eigenvalue weighted by Crippen LogP contribution is -2.36.